The molecule has 0 aliphatic heterocycles. The van der Waals surface area contributed by atoms with E-state index >= 15 is 0 Å². The van der Waals surface area contributed by atoms with Crippen LogP contribution >= 0.6 is 0 Å². The predicted octanol–water partition coefficient (Wildman–Crippen LogP) is 1.82. The molecule has 3 fully saturated rings. The summed E-state index contributed by atoms with van der Waals surface area (Å²) in [5.41, 5.74) is 0.0478. The topological polar surface area (TPSA) is 64.6 Å². The van der Waals surface area contributed by atoms with Gasteiger partial charge in [-0.05, 0) is 39.0 Å². The molecule has 0 aromatic heterocycles. The van der Waals surface area contributed by atoms with E-state index in [1.807, 2.05) is 6.92 Å². The van der Waals surface area contributed by atoms with Crippen molar-refractivity contribution in [2.75, 3.05) is 20.3 Å². The van der Waals surface area contributed by atoms with Crippen LogP contribution in [-0.4, -0.2) is 45.6 Å². The zero-order valence-corrected chi connectivity index (χ0v) is 13.9. The van der Waals surface area contributed by atoms with E-state index in [1.54, 1.807) is 7.11 Å². The van der Waals surface area contributed by atoms with Crippen molar-refractivity contribution < 1.29 is 17.9 Å². The maximum absolute atomic E-state index is 12.7. The number of ether oxygens (including phenoxy) is 2. The fourth-order valence-corrected chi connectivity index (χ4v) is 6.13. The molecule has 0 radical (unpaired) electrons. The van der Waals surface area contributed by atoms with Gasteiger partial charge in [-0.15, -0.1) is 0 Å². The van der Waals surface area contributed by atoms with Gasteiger partial charge < -0.3 is 9.47 Å². The van der Waals surface area contributed by atoms with Gasteiger partial charge in [-0.1, -0.05) is 12.8 Å². The Bertz CT molecular complexity index is 480. The first-order valence-corrected chi connectivity index (χ1v) is 9.60. The van der Waals surface area contributed by atoms with Crippen LogP contribution in [0.25, 0.3) is 0 Å². The monoisotopic (exact) mass is 317 g/mol. The third-order valence-electron chi connectivity index (χ3n) is 5.77. The molecule has 6 heteroatoms. The van der Waals surface area contributed by atoms with Crippen molar-refractivity contribution in [2.45, 2.75) is 68.8 Å². The average Bonchev–Trinajstić information content (AvgIpc) is 3.05. The van der Waals surface area contributed by atoms with Gasteiger partial charge in [0, 0.05) is 25.2 Å². The molecule has 1 N–H and O–H groups in total. The Morgan fingerprint density at radius 3 is 2.38 bits per heavy atom. The standard InChI is InChI=1S/C15H27NO4S/c1-3-20-13-10-12(15(13)6-4-5-7-15)16-21(17,18)14(8-9-14)11-19-2/h12-13,16H,3-11H2,1-2H3. The normalized spacial score (nSPS) is 33.0. The fraction of sp³-hybridized carbons (Fsp3) is 1.00. The highest BCUT2D eigenvalue weighted by atomic mass is 32.2. The molecular weight excluding hydrogens is 290 g/mol. The van der Waals surface area contributed by atoms with Crippen LogP contribution in [0.4, 0.5) is 0 Å². The highest BCUT2D eigenvalue weighted by Gasteiger charge is 2.61. The molecular formula is C15H27NO4S. The quantitative estimate of drug-likeness (QED) is 0.778. The Morgan fingerprint density at radius 1 is 1.19 bits per heavy atom. The van der Waals surface area contributed by atoms with Gasteiger partial charge in [0.1, 0.15) is 4.75 Å². The maximum Gasteiger partial charge on any atom is 0.219 e. The zero-order valence-electron chi connectivity index (χ0n) is 13.1. The summed E-state index contributed by atoms with van der Waals surface area (Å²) in [6, 6.07) is 0.0517. The molecule has 3 aliphatic carbocycles. The van der Waals surface area contributed by atoms with Crippen LogP contribution in [0.3, 0.4) is 0 Å². The molecule has 0 aromatic rings. The van der Waals surface area contributed by atoms with Crippen molar-refractivity contribution in [1.29, 1.82) is 0 Å². The first-order chi connectivity index (χ1) is 10.00. The number of methoxy groups -OCH3 is 1. The second kappa shape index (κ2) is 5.48. The lowest BCUT2D eigenvalue weighted by Gasteiger charge is -2.54. The molecule has 3 aliphatic rings. The van der Waals surface area contributed by atoms with Crippen molar-refractivity contribution >= 4 is 10.0 Å². The van der Waals surface area contributed by atoms with E-state index in [0.29, 0.717) is 26.1 Å². The number of rotatable bonds is 7. The van der Waals surface area contributed by atoms with Gasteiger partial charge in [0.15, 0.2) is 0 Å². The fourth-order valence-electron chi connectivity index (χ4n) is 4.26. The largest absolute Gasteiger partial charge is 0.383 e. The molecule has 5 nitrogen and oxygen atoms in total. The first kappa shape index (κ1) is 15.7. The zero-order chi connectivity index (χ0) is 15.1. The minimum Gasteiger partial charge on any atom is -0.383 e. The molecule has 1 spiro atoms. The minimum atomic E-state index is -3.30. The molecule has 2 atom stereocenters. The lowest BCUT2D eigenvalue weighted by atomic mass is 9.61. The molecule has 0 saturated heterocycles. The SMILES string of the molecule is CCOC1CC(NS(=O)(=O)C2(COC)CC2)C12CCCC2. The molecule has 21 heavy (non-hydrogen) atoms. The predicted molar refractivity (Wildman–Crippen MR) is 80.6 cm³/mol. The van der Waals surface area contributed by atoms with E-state index in [0.717, 1.165) is 19.3 Å². The van der Waals surface area contributed by atoms with Crippen LogP contribution in [0.2, 0.25) is 0 Å². The van der Waals surface area contributed by atoms with Crippen molar-refractivity contribution in [2.24, 2.45) is 5.41 Å². The van der Waals surface area contributed by atoms with Crippen LogP contribution in [-0.2, 0) is 19.5 Å². The minimum absolute atomic E-state index is 0.0478. The van der Waals surface area contributed by atoms with Crippen LogP contribution in [0.5, 0.6) is 0 Å². The van der Waals surface area contributed by atoms with Gasteiger partial charge >= 0.3 is 0 Å². The van der Waals surface area contributed by atoms with E-state index < -0.39 is 14.8 Å². The van der Waals surface area contributed by atoms with Crippen molar-refractivity contribution in [3.63, 3.8) is 0 Å². The van der Waals surface area contributed by atoms with E-state index in [2.05, 4.69) is 4.72 Å². The summed E-state index contributed by atoms with van der Waals surface area (Å²) in [6.45, 7) is 3.02. The summed E-state index contributed by atoms with van der Waals surface area (Å²) >= 11 is 0. The summed E-state index contributed by atoms with van der Waals surface area (Å²) in [5.74, 6) is 0. The summed E-state index contributed by atoms with van der Waals surface area (Å²) in [6.07, 6.45) is 7.02. The third kappa shape index (κ3) is 2.44. The molecule has 3 saturated carbocycles. The molecule has 0 heterocycles. The molecule has 0 aromatic carbocycles. The Balaban J connectivity index is 1.71. The van der Waals surface area contributed by atoms with Crippen molar-refractivity contribution in [3.05, 3.63) is 0 Å². The second-order valence-corrected chi connectivity index (χ2v) is 9.02. The van der Waals surface area contributed by atoms with Crippen LogP contribution in [0, 0.1) is 5.41 Å². The smallest absolute Gasteiger partial charge is 0.219 e. The highest BCUT2D eigenvalue weighted by molar-refractivity contribution is 7.91. The number of sulfonamides is 1. The van der Waals surface area contributed by atoms with Gasteiger partial charge in [0.25, 0.3) is 0 Å². The molecule has 2 unspecified atom stereocenters. The average molecular weight is 317 g/mol. The highest BCUT2D eigenvalue weighted by Crippen LogP contribution is 2.55. The van der Waals surface area contributed by atoms with Gasteiger partial charge in [-0.2, -0.15) is 0 Å². The molecule has 3 rings (SSSR count). The van der Waals surface area contributed by atoms with E-state index in [9.17, 15) is 8.42 Å². The van der Waals surface area contributed by atoms with E-state index in [1.165, 1.54) is 12.8 Å². The van der Waals surface area contributed by atoms with Gasteiger partial charge in [-0.25, -0.2) is 13.1 Å². The second-order valence-electron chi connectivity index (χ2n) is 6.91. The Hall–Kier alpha value is -0.170. The first-order valence-electron chi connectivity index (χ1n) is 8.12. The van der Waals surface area contributed by atoms with Gasteiger partial charge in [0.05, 0.1) is 12.7 Å². The number of hydrogen-bond donors (Lipinski definition) is 1. The van der Waals surface area contributed by atoms with Gasteiger partial charge in [-0.3, -0.25) is 0 Å². The lowest BCUT2D eigenvalue weighted by molar-refractivity contribution is -0.124. The maximum atomic E-state index is 12.7. The molecule has 122 valence electrons. The Kier molecular flexibility index (Phi) is 4.10. The van der Waals surface area contributed by atoms with Gasteiger partial charge in [0.2, 0.25) is 10.0 Å². The van der Waals surface area contributed by atoms with E-state index in [-0.39, 0.29) is 17.6 Å². The summed E-state index contributed by atoms with van der Waals surface area (Å²) in [7, 11) is -1.73. The molecule has 0 amide bonds. The van der Waals surface area contributed by atoms with Crippen molar-refractivity contribution in [3.8, 4) is 0 Å². The summed E-state index contributed by atoms with van der Waals surface area (Å²) in [4.78, 5) is 0. The van der Waals surface area contributed by atoms with Crippen molar-refractivity contribution in [1.82, 2.24) is 4.72 Å². The number of nitrogens with one attached hydrogen (secondary N) is 1. The van der Waals surface area contributed by atoms with Crippen LogP contribution in [0.1, 0.15) is 51.9 Å². The lowest BCUT2D eigenvalue weighted by Crippen LogP contribution is -2.64. The molecule has 0 bridgehead atoms. The Labute approximate surface area is 127 Å². The summed E-state index contributed by atoms with van der Waals surface area (Å²) < 4.78 is 38.7. The number of hydrogen-bond acceptors (Lipinski definition) is 4. The van der Waals surface area contributed by atoms with E-state index in [4.69, 9.17) is 9.47 Å². The van der Waals surface area contributed by atoms with Crippen LogP contribution in [0.15, 0.2) is 0 Å². The third-order valence-corrected chi connectivity index (χ3v) is 8.03. The summed E-state index contributed by atoms with van der Waals surface area (Å²) in [5, 5.41) is 0. The Morgan fingerprint density at radius 2 is 1.86 bits per heavy atom. The van der Waals surface area contributed by atoms with Crippen LogP contribution < -0.4 is 4.72 Å².